The smallest absolute Gasteiger partial charge is 0.119 e. The summed E-state index contributed by atoms with van der Waals surface area (Å²) in [7, 11) is 0. The second-order valence-corrected chi connectivity index (χ2v) is 7.45. The lowest BCUT2D eigenvalue weighted by molar-refractivity contribution is 0.109. The summed E-state index contributed by atoms with van der Waals surface area (Å²) in [5.74, 6) is 1.56. The van der Waals surface area contributed by atoms with Crippen molar-refractivity contribution in [3.63, 3.8) is 0 Å². The molecule has 0 bridgehead atoms. The van der Waals surface area contributed by atoms with Crippen molar-refractivity contribution >= 4 is 0 Å². The van der Waals surface area contributed by atoms with Crippen molar-refractivity contribution in [3.8, 4) is 11.5 Å². The van der Waals surface area contributed by atoms with E-state index in [2.05, 4.69) is 24.8 Å². The minimum atomic E-state index is -0.652. The number of hydrogen-bond donors (Lipinski definition) is 3. The fourth-order valence-electron chi connectivity index (χ4n) is 3.30. The molecule has 6 nitrogen and oxygen atoms in total. The monoisotopic (exact) mass is 415 g/mol. The second-order valence-electron chi connectivity index (χ2n) is 7.45. The van der Waals surface area contributed by atoms with Gasteiger partial charge in [-0.05, 0) is 48.2 Å². The Labute approximate surface area is 180 Å². The van der Waals surface area contributed by atoms with Crippen LogP contribution in [0.5, 0.6) is 11.5 Å². The summed E-state index contributed by atoms with van der Waals surface area (Å²) in [6, 6.07) is 13.6. The number of unbranched alkanes of at least 4 members (excludes halogenated alkanes) is 4. The zero-order valence-electron chi connectivity index (χ0n) is 18.1. The summed E-state index contributed by atoms with van der Waals surface area (Å²) >= 11 is 0. The predicted octanol–water partition coefficient (Wildman–Crippen LogP) is 5.67. The van der Waals surface area contributed by atoms with E-state index in [9.17, 15) is 10.4 Å². The molecular weight excluding hydrogens is 380 g/mol. The summed E-state index contributed by atoms with van der Waals surface area (Å²) < 4.78 is 11.5. The van der Waals surface area contributed by atoms with Gasteiger partial charge in [-0.3, -0.25) is 0 Å². The first-order valence-corrected chi connectivity index (χ1v) is 11.0. The molecule has 2 rings (SSSR count). The van der Waals surface area contributed by atoms with E-state index in [-0.39, 0.29) is 0 Å². The van der Waals surface area contributed by atoms with Crippen LogP contribution in [0.3, 0.4) is 0 Å². The first kappa shape index (κ1) is 24.2. The minimum Gasteiger partial charge on any atom is -0.787 e. The summed E-state index contributed by atoms with van der Waals surface area (Å²) in [6.45, 7) is 5.69. The molecule has 0 saturated carbocycles. The van der Waals surface area contributed by atoms with Crippen LogP contribution in [0.15, 0.2) is 48.5 Å². The number of hydroxylamine groups is 2. The molecule has 0 saturated heterocycles. The van der Waals surface area contributed by atoms with Gasteiger partial charge in [-0.15, -0.1) is 0 Å². The molecule has 166 valence electrons. The molecule has 0 aliphatic rings. The lowest BCUT2D eigenvalue weighted by Gasteiger charge is -2.30. The second kappa shape index (κ2) is 14.0. The van der Waals surface area contributed by atoms with E-state index in [4.69, 9.17) is 9.47 Å². The average Bonchev–Trinajstić information content (AvgIpc) is 2.79. The number of rotatable bonds is 15. The van der Waals surface area contributed by atoms with Gasteiger partial charge in [0.2, 0.25) is 0 Å². The highest BCUT2D eigenvalue weighted by atomic mass is 16.5. The minimum absolute atomic E-state index is 0.604. The van der Waals surface area contributed by atoms with E-state index in [1.165, 1.54) is 0 Å². The Hall–Kier alpha value is -2.12. The topological polar surface area (TPSA) is 85.8 Å². The van der Waals surface area contributed by atoms with E-state index >= 15 is 0 Å². The molecule has 0 heterocycles. The molecule has 0 spiro atoms. The molecular formula is C24H35N2O4-. The Kier molecular flexibility index (Phi) is 11.3. The van der Waals surface area contributed by atoms with Crippen LogP contribution < -0.4 is 20.4 Å². The molecule has 2 aromatic carbocycles. The Balaban J connectivity index is 2.00. The van der Waals surface area contributed by atoms with Crippen LogP contribution in [-0.2, 0) is 0 Å². The van der Waals surface area contributed by atoms with Crippen LogP contribution in [-0.4, -0.2) is 18.4 Å². The predicted molar refractivity (Wildman–Crippen MR) is 120 cm³/mol. The summed E-state index contributed by atoms with van der Waals surface area (Å²) in [4.78, 5) is 0. The highest BCUT2D eigenvalue weighted by Gasteiger charge is 2.22. The van der Waals surface area contributed by atoms with Crippen molar-refractivity contribution in [2.45, 2.75) is 64.5 Å². The normalized spacial score (nSPS) is 13.1. The van der Waals surface area contributed by atoms with Crippen LogP contribution >= 0.6 is 0 Å². The maximum Gasteiger partial charge on any atom is 0.119 e. The molecule has 0 fully saturated rings. The fraction of sp³-hybridized carbons (Fsp3) is 0.500. The maximum absolute atomic E-state index is 11.7. The van der Waals surface area contributed by atoms with Gasteiger partial charge in [0, 0.05) is 6.04 Å². The first-order chi connectivity index (χ1) is 14.7. The van der Waals surface area contributed by atoms with Gasteiger partial charge in [0.1, 0.15) is 11.5 Å². The van der Waals surface area contributed by atoms with Crippen molar-refractivity contribution in [2.75, 3.05) is 13.2 Å². The quantitative estimate of drug-likeness (QED) is 0.256. The van der Waals surface area contributed by atoms with E-state index in [0.29, 0.717) is 13.2 Å². The third-order valence-electron chi connectivity index (χ3n) is 5.11. The van der Waals surface area contributed by atoms with Crippen molar-refractivity contribution < 1.29 is 14.7 Å². The molecule has 6 heteroatoms. The van der Waals surface area contributed by atoms with Gasteiger partial charge < -0.3 is 25.4 Å². The Morgan fingerprint density at radius 1 is 0.733 bits per heavy atom. The maximum atomic E-state index is 11.7. The van der Waals surface area contributed by atoms with Gasteiger partial charge in [0.25, 0.3) is 0 Å². The molecule has 2 unspecified atom stereocenters. The summed E-state index contributed by atoms with van der Waals surface area (Å²) in [6.07, 6.45) is 6.65. The van der Waals surface area contributed by atoms with Crippen molar-refractivity contribution in [3.05, 3.63) is 64.9 Å². The molecule has 0 aromatic heterocycles. The summed E-state index contributed by atoms with van der Waals surface area (Å²) in [5, 5.41) is 21.5. The molecule has 0 amide bonds. The number of ether oxygens (including phenoxy) is 2. The van der Waals surface area contributed by atoms with Gasteiger partial charge in [-0.1, -0.05) is 63.8 Å². The third-order valence-corrected chi connectivity index (χ3v) is 5.11. The van der Waals surface area contributed by atoms with Gasteiger partial charge in [-0.2, -0.15) is 5.48 Å². The van der Waals surface area contributed by atoms with E-state index in [1.54, 1.807) is 0 Å². The van der Waals surface area contributed by atoms with E-state index < -0.39 is 12.1 Å². The van der Waals surface area contributed by atoms with Crippen molar-refractivity contribution in [1.82, 2.24) is 11.0 Å². The molecule has 0 aliphatic heterocycles. The molecule has 0 aliphatic carbocycles. The van der Waals surface area contributed by atoms with Crippen molar-refractivity contribution in [1.29, 1.82) is 0 Å². The molecule has 30 heavy (non-hydrogen) atoms. The Morgan fingerprint density at radius 2 is 1.17 bits per heavy atom. The lowest BCUT2D eigenvalue weighted by Crippen LogP contribution is -2.31. The van der Waals surface area contributed by atoms with Crippen LogP contribution in [0.4, 0.5) is 0 Å². The number of hydrogen-bond acceptors (Lipinski definition) is 6. The fourth-order valence-corrected chi connectivity index (χ4v) is 3.30. The van der Waals surface area contributed by atoms with E-state index in [0.717, 1.165) is 61.2 Å². The molecule has 2 atom stereocenters. The first-order valence-electron chi connectivity index (χ1n) is 11.0. The Morgan fingerprint density at radius 3 is 1.53 bits per heavy atom. The van der Waals surface area contributed by atoms with Gasteiger partial charge in [-0.25, -0.2) is 0 Å². The van der Waals surface area contributed by atoms with Gasteiger partial charge in [0.15, 0.2) is 0 Å². The highest BCUT2D eigenvalue weighted by molar-refractivity contribution is 5.34. The van der Waals surface area contributed by atoms with Crippen LogP contribution in [0, 0.1) is 5.21 Å². The van der Waals surface area contributed by atoms with Crippen LogP contribution in [0.25, 0.3) is 0 Å². The average molecular weight is 416 g/mol. The lowest BCUT2D eigenvalue weighted by atomic mass is 9.94. The SMILES string of the molecule is CCCCCOc1ccc(C(N[O-])C(NO)c2ccc(OCCCCC)cc2)cc1. The zero-order chi connectivity index (χ0) is 21.6. The standard InChI is InChI=1S/C24H35N2O4/c1-3-5-7-17-29-21-13-9-19(10-14-21)23(25-27)24(26-28)20-11-15-22(16-12-20)30-18-8-6-4-2/h9-16,23-27H,3-8,17-18H2,1-2H3/q-1. The number of nitrogens with one attached hydrogen (secondary N) is 2. The van der Waals surface area contributed by atoms with Crippen LogP contribution in [0.1, 0.15) is 75.6 Å². The van der Waals surface area contributed by atoms with Gasteiger partial charge in [0.05, 0.1) is 19.3 Å². The highest BCUT2D eigenvalue weighted by Crippen LogP contribution is 2.30. The van der Waals surface area contributed by atoms with Gasteiger partial charge >= 0.3 is 0 Å². The van der Waals surface area contributed by atoms with Crippen LogP contribution in [0.2, 0.25) is 0 Å². The molecule has 3 N–H and O–H groups in total. The van der Waals surface area contributed by atoms with E-state index in [1.807, 2.05) is 48.5 Å². The summed E-state index contributed by atoms with van der Waals surface area (Å²) in [5.41, 5.74) is 5.89. The number of benzene rings is 2. The largest absolute Gasteiger partial charge is 0.787 e. The third kappa shape index (κ3) is 7.61. The zero-order valence-corrected chi connectivity index (χ0v) is 18.1. The molecule has 2 aromatic rings. The Bertz CT molecular complexity index is 630. The molecule has 0 radical (unpaired) electrons. The van der Waals surface area contributed by atoms with Crippen molar-refractivity contribution in [2.24, 2.45) is 0 Å².